The Hall–Kier alpha value is -1.68. The van der Waals surface area contributed by atoms with Gasteiger partial charge in [0.1, 0.15) is 11.6 Å². The normalized spacial score (nSPS) is 10.8. The Morgan fingerprint density at radius 2 is 2.12 bits per heavy atom. The van der Waals surface area contributed by atoms with Gasteiger partial charge in [-0.15, -0.1) is 0 Å². The van der Waals surface area contributed by atoms with Crippen molar-refractivity contribution in [3.05, 3.63) is 35.1 Å². The lowest BCUT2D eigenvalue weighted by atomic mass is 10.0. The minimum atomic E-state index is -0.270. The number of rotatable bonds is 3. The van der Waals surface area contributed by atoms with E-state index in [4.69, 9.17) is 5.84 Å². The minimum absolute atomic E-state index is 0.270. The Balaban J connectivity index is 2.69. The van der Waals surface area contributed by atoms with Gasteiger partial charge in [-0.05, 0) is 36.6 Å². The first-order valence-corrected chi connectivity index (χ1v) is 5.72. The molecular weight excluding hydrogens is 217 g/mol. The average molecular weight is 233 g/mol. The number of aryl methyl sites for hydroxylation is 2. The number of nitrogen functional groups attached to an aromatic ring is 1. The van der Waals surface area contributed by atoms with Crippen LogP contribution < -0.4 is 11.3 Å². The van der Waals surface area contributed by atoms with E-state index in [1.54, 1.807) is 0 Å². The van der Waals surface area contributed by atoms with Crippen LogP contribution in [0.25, 0.3) is 10.9 Å². The van der Waals surface area contributed by atoms with E-state index < -0.39 is 0 Å². The number of pyridine rings is 1. The van der Waals surface area contributed by atoms with Crippen molar-refractivity contribution < 1.29 is 4.39 Å². The molecule has 0 spiro atoms. The third-order valence-corrected chi connectivity index (χ3v) is 2.84. The summed E-state index contributed by atoms with van der Waals surface area (Å²) >= 11 is 0. The molecule has 0 aliphatic rings. The molecule has 0 aliphatic heterocycles. The Morgan fingerprint density at radius 1 is 1.35 bits per heavy atom. The predicted octanol–water partition coefficient (Wildman–Crippen LogP) is 2.92. The van der Waals surface area contributed by atoms with Gasteiger partial charge in [0.2, 0.25) is 0 Å². The highest BCUT2D eigenvalue weighted by Gasteiger charge is 2.08. The predicted molar refractivity (Wildman–Crippen MR) is 68.2 cm³/mol. The Bertz CT molecular complexity index is 552. The lowest BCUT2D eigenvalue weighted by molar-refractivity contribution is 0.628. The van der Waals surface area contributed by atoms with Crippen molar-refractivity contribution in [2.45, 2.75) is 26.7 Å². The highest BCUT2D eigenvalue weighted by Crippen LogP contribution is 2.24. The van der Waals surface area contributed by atoms with Crippen LogP contribution >= 0.6 is 0 Å². The molecule has 0 amide bonds. The third-order valence-electron chi connectivity index (χ3n) is 2.84. The second kappa shape index (κ2) is 4.67. The fraction of sp³-hybridized carbons (Fsp3) is 0.308. The zero-order valence-electron chi connectivity index (χ0n) is 10.0. The number of fused-ring (bicyclic) bond motifs is 1. The summed E-state index contributed by atoms with van der Waals surface area (Å²) < 4.78 is 13.3. The highest BCUT2D eigenvalue weighted by molar-refractivity contribution is 5.84. The Kier molecular flexibility index (Phi) is 3.24. The zero-order valence-corrected chi connectivity index (χ0v) is 10.0. The summed E-state index contributed by atoms with van der Waals surface area (Å²) in [6, 6.07) is 4.99. The molecule has 0 radical (unpaired) electrons. The van der Waals surface area contributed by atoms with E-state index in [1.165, 1.54) is 12.1 Å². The average Bonchev–Trinajstić information content (AvgIpc) is 2.29. The monoisotopic (exact) mass is 233 g/mol. The van der Waals surface area contributed by atoms with Crippen LogP contribution in [0.5, 0.6) is 0 Å². The molecular formula is C13H16FN3. The first-order chi connectivity index (χ1) is 8.15. The van der Waals surface area contributed by atoms with Crippen LogP contribution in [0.4, 0.5) is 10.2 Å². The number of hydrogen-bond acceptors (Lipinski definition) is 3. The maximum Gasteiger partial charge on any atom is 0.143 e. The van der Waals surface area contributed by atoms with Crippen molar-refractivity contribution in [3.8, 4) is 0 Å². The number of halogens is 1. The van der Waals surface area contributed by atoms with E-state index in [-0.39, 0.29) is 5.82 Å². The van der Waals surface area contributed by atoms with E-state index in [1.807, 2.05) is 13.0 Å². The maximum absolute atomic E-state index is 13.3. The van der Waals surface area contributed by atoms with Gasteiger partial charge in [0.25, 0.3) is 0 Å². The molecule has 1 heterocycles. The van der Waals surface area contributed by atoms with Crippen molar-refractivity contribution in [2.75, 3.05) is 5.43 Å². The van der Waals surface area contributed by atoms with Crippen LogP contribution in [0.1, 0.15) is 24.5 Å². The van der Waals surface area contributed by atoms with Crippen LogP contribution in [0.15, 0.2) is 18.2 Å². The number of nitrogens with one attached hydrogen (secondary N) is 1. The molecule has 2 aromatic rings. The second-order valence-electron chi connectivity index (χ2n) is 4.18. The van der Waals surface area contributed by atoms with Gasteiger partial charge in [-0.1, -0.05) is 13.3 Å². The zero-order chi connectivity index (χ0) is 12.4. The largest absolute Gasteiger partial charge is 0.308 e. The van der Waals surface area contributed by atoms with Crippen LogP contribution in [0, 0.1) is 12.7 Å². The van der Waals surface area contributed by atoms with Crippen LogP contribution in [0.2, 0.25) is 0 Å². The summed E-state index contributed by atoms with van der Waals surface area (Å²) in [5.74, 6) is 5.80. The topological polar surface area (TPSA) is 50.9 Å². The number of aromatic nitrogens is 1. The number of benzene rings is 1. The van der Waals surface area contributed by atoms with Gasteiger partial charge in [0, 0.05) is 11.5 Å². The number of nitrogens with zero attached hydrogens (tertiary/aromatic N) is 1. The van der Waals surface area contributed by atoms with E-state index in [9.17, 15) is 4.39 Å². The van der Waals surface area contributed by atoms with Gasteiger partial charge in [-0.2, -0.15) is 0 Å². The molecule has 0 saturated heterocycles. The molecule has 0 atom stereocenters. The third kappa shape index (κ3) is 2.22. The van der Waals surface area contributed by atoms with Gasteiger partial charge in [0.15, 0.2) is 0 Å². The van der Waals surface area contributed by atoms with E-state index >= 15 is 0 Å². The van der Waals surface area contributed by atoms with Crippen molar-refractivity contribution in [2.24, 2.45) is 5.84 Å². The molecule has 0 fully saturated rings. The van der Waals surface area contributed by atoms with Gasteiger partial charge < -0.3 is 5.43 Å². The van der Waals surface area contributed by atoms with Crippen molar-refractivity contribution >= 4 is 16.7 Å². The number of nitrogens with two attached hydrogens (primary N) is 1. The molecule has 3 N–H and O–H groups in total. The fourth-order valence-electron chi connectivity index (χ4n) is 2.04. The van der Waals surface area contributed by atoms with Crippen LogP contribution in [0.3, 0.4) is 0 Å². The summed E-state index contributed by atoms with van der Waals surface area (Å²) in [5, 5.41) is 0.980. The summed E-state index contributed by atoms with van der Waals surface area (Å²) in [6.07, 6.45) is 1.92. The highest BCUT2D eigenvalue weighted by atomic mass is 19.1. The lowest BCUT2D eigenvalue weighted by Crippen LogP contribution is -2.11. The molecule has 0 unspecified atom stereocenters. The molecule has 17 heavy (non-hydrogen) atoms. The molecule has 0 aliphatic carbocycles. The molecule has 0 bridgehead atoms. The molecule has 2 rings (SSSR count). The molecule has 4 heteroatoms. The summed E-state index contributed by atoms with van der Waals surface area (Å²) in [4.78, 5) is 4.36. The standard InChI is InChI=1S/C13H16FN3/c1-3-4-9-6-11-8(2)5-10(14)7-12(11)16-13(9)17-15/h5-7H,3-4,15H2,1-2H3,(H,16,17). The second-order valence-corrected chi connectivity index (χ2v) is 4.18. The summed E-state index contributed by atoms with van der Waals surface area (Å²) in [7, 11) is 0. The molecule has 90 valence electrons. The van der Waals surface area contributed by atoms with E-state index in [2.05, 4.69) is 17.3 Å². The van der Waals surface area contributed by atoms with Crippen molar-refractivity contribution in [1.29, 1.82) is 0 Å². The van der Waals surface area contributed by atoms with Crippen LogP contribution in [-0.4, -0.2) is 4.98 Å². The summed E-state index contributed by atoms with van der Waals surface area (Å²) in [6.45, 7) is 3.99. The Morgan fingerprint density at radius 3 is 2.76 bits per heavy atom. The van der Waals surface area contributed by atoms with E-state index in [0.717, 1.165) is 29.4 Å². The number of anilines is 1. The maximum atomic E-state index is 13.3. The summed E-state index contributed by atoms with van der Waals surface area (Å²) in [5.41, 5.74) is 5.18. The quantitative estimate of drug-likeness (QED) is 0.633. The SMILES string of the molecule is CCCc1cc2c(C)cc(F)cc2nc1NN. The first-order valence-electron chi connectivity index (χ1n) is 5.72. The van der Waals surface area contributed by atoms with Gasteiger partial charge in [-0.25, -0.2) is 15.2 Å². The van der Waals surface area contributed by atoms with Gasteiger partial charge >= 0.3 is 0 Å². The minimum Gasteiger partial charge on any atom is -0.308 e. The molecule has 0 saturated carbocycles. The molecule has 1 aromatic heterocycles. The van der Waals surface area contributed by atoms with Crippen molar-refractivity contribution in [3.63, 3.8) is 0 Å². The van der Waals surface area contributed by atoms with Crippen LogP contribution in [-0.2, 0) is 6.42 Å². The lowest BCUT2D eigenvalue weighted by Gasteiger charge is -2.10. The molecule has 1 aromatic carbocycles. The fourth-order valence-corrected chi connectivity index (χ4v) is 2.04. The Labute approximate surface area is 99.8 Å². The van der Waals surface area contributed by atoms with Crippen molar-refractivity contribution in [1.82, 2.24) is 4.98 Å². The molecule has 3 nitrogen and oxygen atoms in total. The van der Waals surface area contributed by atoms with E-state index in [0.29, 0.717) is 11.3 Å². The van der Waals surface area contributed by atoms with Gasteiger partial charge in [0.05, 0.1) is 5.52 Å². The van der Waals surface area contributed by atoms with Gasteiger partial charge in [-0.3, -0.25) is 0 Å². The number of hydrazine groups is 1. The number of hydrogen-bond donors (Lipinski definition) is 2. The smallest absolute Gasteiger partial charge is 0.143 e. The first kappa shape index (κ1) is 11.8.